The first-order chi connectivity index (χ1) is 8.94. The van der Waals surface area contributed by atoms with E-state index in [1.54, 1.807) is 6.07 Å². The average Bonchev–Trinajstić information content (AvgIpc) is 2.69. The van der Waals surface area contributed by atoms with Gasteiger partial charge in [0.2, 0.25) is 10.0 Å². The Morgan fingerprint density at radius 3 is 2.63 bits per heavy atom. The zero-order chi connectivity index (χ0) is 14.0. The molecule has 108 valence electrons. The zero-order valence-electron chi connectivity index (χ0n) is 11.3. The molecule has 0 unspecified atom stereocenters. The number of nitrogens with one attached hydrogen (secondary N) is 1. The van der Waals surface area contributed by atoms with Crippen molar-refractivity contribution in [2.45, 2.75) is 50.5 Å². The summed E-state index contributed by atoms with van der Waals surface area (Å²) < 4.78 is 27.6. The van der Waals surface area contributed by atoms with Crippen LogP contribution in [0, 0.1) is 19.8 Å². The molecule has 0 radical (unpaired) electrons. The van der Waals surface area contributed by atoms with Crippen molar-refractivity contribution in [2.75, 3.05) is 6.61 Å². The molecule has 1 aliphatic carbocycles. The Morgan fingerprint density at radius 1 is 1.37 bits per heavy atom. The van der Waals surface area contributed by atoms with E-state index in [0.29, 0.717) is 4.90 Å². The van der Waals surface area contributed by atoms with Crippen LogP contribution in [0.5, 0.6) is 0 Å². The van der Waals surface area contributed by atoms with Gasteiger partial charge in [-0.3, -0.25) is 0 Å². The van der Waals surface area contributed by atoms with Crippen molar-refractivity contribution in [2.24, 2.45) is 5.92 Å². The highest BCUT2D eigenvalue weighted by Gasteiger charge is 2.30. The Bertz CT molecular complexity index is 536. The number of aliphatic hydroxyl groups is 1. The fourth-order valence-corrected chi connectivity index (χ4v) is 5.61. The second-order valence-corrected chi connectivity index (χ2v) is 8.38. The summed E-state index contributed by atoms with van der Waals surface area (Å²) in [6, 6.07) is 1.59. The van der Waals surface area contributed by atoms with E-state index in [2.05, 4.69) is 4.72 Å². The van der Waals surface area contributed by atoms with Gasteiger partial charge in [0.15, 0.2) is 0 Å². The van der Waals surface area contributed by atoms with Gasteiger partial charge < -0.3 is 5.11 Å². The maximum absolute atomic E-state index is 12.4. The van der Waals surface area contributed by atoms with Crippen molar-refractivity contribution in [3.8, 4) is 0 Å². The summed E-state index contributed by atoms with van der Waals surface area (Å²) in [4.78, 5) is 2.21. The molecule has 19 heavy (non-hydrogen) atoms. The maximum Gasteiger partial charge on any atom is 0.241 e. The average molecular weight is 303 g/mol. The summed E-state index contributed by atoms with van der Waals surface area (Å²) in [7, 11) is -3.46. The second kappa shape index (κ2) is 5.91. The van der Waals surface area contributed by atoms with Gasteiger partial charge in [-0.05, 0) is 38.7 Å². The number of aliphatic hydroxyl groups excluding tert-OH is 1. The molecule has 1 fully saturated rings. The smallest absolute Gasteiger partial charge is 0.241 e. The van der Waals surface area contributed by atoms with Crippen molar-refractivity contribution in [1.82, 2.24) is 4.72 Å². The fourth-order valence-electron chi connectivity index (χ4n) is 2.72. The zero-order valence-corrected chi connectivity index (χ0v) is 13.0. The molecule has 6 heteroatoms. The molecule has 0 saturated heterocycles. The molecule has 0 spiro atoms. The predicted molar refractivity (Wildman–Crippen MR) is 76.9 cm³/mol. The first kappa shape index (κ1) is 15.0. The number of hydrogen-bond acceptors (Lipinski definition) is 4. The highest BCUT2D eigenvalue weighted by molar-refractivity contribution is 7.89. The molecule has 0 amide bonds. The second-order valence-electron chi connectivity index (χ2n) is 5.23. The standard InChI is InChI=1S/C13H21NO3S2/c1-9-7-13(10(2)18-9)19(16,17)14-12-6-4-3-5-11(12)8-15/h7,11-12,14-15H,3-6,8H2,1-2H3/t11-,12-/m0/s1. The molecule has 4 nitrogen and oxygen atoms in total. The highest BCUT2D eigenvalue weighted by Crippen LogP contribution is 2.28. The molecule has 1 saturated carbocycles. The van der Waals surface area contributed by atoms with Crippen LogP contribution in [0.3, 0.4) is 0 Å². The third-order valence-electron chi connectivity index (χ3n) is 3.74. The molecule has 1 aromatic rings. The Hall–Kier alpha value is -0.430. The lowest BCUT2D eigenvalue weighted by molar-refractivity contribution is 0.164. The van der Waals surface area contributed by atoms with Crippen LogP contribution >= 0.6 is 11.3 Å². The van der Waals surface area contributed by atoms with E-state index < -0.39 is 10.0 Å². The van der Waals surface area contributed by atoms with Crippen molar-refractivity contribution < 1.29 is 13.5 Å². The lowest BCUT2D eigenvalue weighted by atomic mass is 9.86. The monoisotopic (exact) mass is 303 g/mol. The summed E-state index contributed by atoms with van der Waals surface area (Å²) in [5, 5.41) is 9.35. The third-order valence-corrected chi connectivity index (χ3v) is 6.45. The van der Waals surface area contributed by atoms with Crippen molar-refractivity contribution in [3.05, 3.63) is 15.8 Å². The Kier molecular flexibility index (Phi) is 4.66. The van der Waals surface area contributed by atoms with Crippen molar-refractivity contribution in [1.29, 1.82) is 0 Å². The van der Waals surface area contributed by atoms with Crippen LogP contribution < -0.4 is 4.72 Å². The highest BCUT2D eigenvalue weighted by atomic mass is 32.2. The van der Waals surface area contributed by atoms with Crippen LogP contribution in [0.2, 0.25) is 0 Å². The van der Waals surface area contributed by atoms with Crippen LogP contribution in [0.25, 0.3) is 0 Å². The maximum atomic E-state index is 12.4. The fraction of sp³-hybridized carbons (Fsp3) is 0.692. The Labute approximate surface area is 118 Å². The van der Waals surface area contributed by atoms with E-state index in [1.807, 2.05) is 13.8 Å². The van der Waals surface area contributed by atoms with Crippen molar-refractivity contribution in [3.63, 3.8) is 0 Å². The number of aryl methyl sites for hydroxylation is 2. The van der Waals surface area contributed by atoms with Gasteiger partial charge in [-0.25, -0.2) is 13.1 Å². The molecule has 1 aliphatic rings. The van der Waals surface area contributed by atoms with Crippen molar-refractivity contribution >= 4 is 21.4 Å². The van der Waals surface area contributed by atoms with Gasteiger partial charge >= 0.3 is 0 Å². The van der Waals surface area contributed by atoms with Crippen LogP contribution in [0.4, 0.5) is 0 Å². The minimum atomic E-state index is -3.46. The van der Waals surface area contributed by atoms with Gasteiger partial charge in [0.1, 0.15) is 0 Å². The Morgan fingerprint density at radius 2 is 2.05 bits per heavy atom. The first-order valence-electron chi connectivity index (χ1n) is 6.64. The van der Waals surface area contributed by atoms with Gasteiger partial charge in [0.25, 0.3) is 0 Å². The third kappa shape index (κ3) is 3.37. The largest absolute Gasteiger partial charge is 0.396 e. The molecule has 1 heterocycles. The summed E-state index contributed by atoms with van der Waals surface area (Å²) in [5.74, 6) is 0.0450. The van der Waals surface area contributed by atoms with E-state index in [0.717, 1.165) is 35.4 Å². The number of thiophene rings is 1. The lowest BCUT2D eigenvalue weighted by Gasteiger charge is -2.30. The van der Waals surface area contributed by atoms with E-state index in [-0.39, 0.29) is 18.6 Å². The normalized spacial score (nSPS) is 24.6. The van der Waals surface area contributed by atoms with Crippen LogP contribution in [0.15, 0.2) is 11.0 Å². The Balaban J connectivity index is 2.19. The van der Waals surface area contributed by atoms with E-state index in [4.69, 9.17) is 0 Å². The summed E-state index contributed by atoms with van der Waals surface area (Å²) in [6.45, 7) is 3.79. The molecule has 2 rings (SSSR count). The molecule has 2 N–H and O–H groups in total. The molecule has 0 bridgehead atoms. The van der Waals surface area contributed by atoms with Crippen LogP contribution in [-0.2, 0) is 10.0 Å². The van der Waals surface area contributed by atoms with Gasteiger partial charge in [-0.1, -0.05) is 12.8 Å². The summed E-state index contributed by atoms with van der Waals surface area (Å²) in [5.41, 5.74) is 0. The minimum Gasteiger partial charge on any atom is -0.396 e. The summed E-state index contributed by atoms with van der Waals surface area (Å²) in [6.07, 6.45) is 3.79. The predicted octanol–water partition coefficient (Wildman–Crippen LogP) is 2.19. The number of sulfonamides is 1. The topological polar surface area (TPSA) is 66.4 Å². The van der Waals surface area contributed by atoms with Gasteiger partial charge in [-0.2, -0.15) is 0 Å². The SMILES string of the molecule is Cc1cc(S(=O)(=O)N[C@H]2CCCC[C@H]2CO)c(C)s1. The quantitative estimate of drug-likeness (QED) is 0.896. The van der Waals surface area contributed by atoms with E-state index >= 15 is 0 Å². The molecule has 2 atom stereocenters. The van der Waals surface area contributed by atoms with Crippen LogP contribution in [0.1, 0.15) is 35.4 Å². The van der Waals surface area contributed by atoms with E-state index in [1.165, 1.54) is 11.3 Å². The van der Waals surface area contributed by atoms with Gasteiger partial charge in [0.05, 0.1) is 4.90 Å². The first-order valence-corrected chi connectivity index (χ1v) is 8.94. The molecule has 1 aromatic heterocycles. The molecule has 0 aliphatic heterocycles. The van der Waals surface area contributed by atoms with Crippen LogP contribution in [-0.4, -0.2) is 26.2 Å². The van der Waals surface area contributed by atoms with E-state index in [9.17, 15) is 13.5 Å². The summed E-state index contributed by atoms with van der Waals surface area (Å²) >= 11 is 1.50. The van der Waals surface area contributed by atoms with Gasteiger partial charge in [-0.15, -0.1) is 11.3 Å². The minimum absolute atomic E-state index is 0.0450. The van der Waals surface area contributed by atoms with Gasteiger partial charge in [0, 0.05) is 22.4 Å². The molecule has 0 aromatic carbocycles. The lowest BCUT2D eigenvalue weighted by Crippen LogP contribution is -2.43. The number of rotatable bonds is 4. The molecular formula is C13H21NO3S2. The molecular weight excluding hydrogens is 282 g/mol. The number of hydrogen-bond donors (Lipinski definition) is 2.